The molecule has 0 unspecified atom stereocenters. The zero-order chi connectivity index (χ0) is 16.8. The fraction of sp³-hybridized carbons (Fsp3) is 0.529. The van der Waals surface area contributed by atoms with E-state index >= 15 is 0 Å². The van der Waals surface area contributed by atoms with E-state index < -0.39 is 0 Å². The molecule has 3 heterocycles. The Morgan fingerprint density at radius 3 is 2.81 bits per heavy atom. The van der Waals surface area contributed by atoms with Crippen LogP contribution in [0, 0.1) is 6.92 Å². The van der Waals surface area contributed by atoms with Gasteiger partial charge in [0.2, 0.25) is 5.91 Å². The first-order valence-electron chi connectivity index (χ1n) is 8.42. The Morgan fingerprint density at radius 1 is 1.35 bits per heavy atom. The molecular formula is C17H26Cl2N4O3. The van der Waals surface area contributed by atoms with Gasteiger partial charge in [-0.05, 0) is 32.0 Å². The van der Waals surface area contributed by atoms with Gasteiger partial charge in [-0.1, -0.05) is 0 Å². The molecule has 1 aliphatic rings. The summed E-state index contributed by atoms with van der Waals surface area (Å²) in [7, 11) is 0. The largest absolute Gasteiger partial charge is 0.459 e. The Bertz CT molecular complexity index is 655. The van der Waals surface area contributed by atoms with Crippen LogP contribution in [-0.2, 0) is 11.2 Å². The number of nitrogens with zero attached hydrogens (tertiary/aromatic N) is 2. The summed E-state index contributed by atoms with van der Waals surface area (Å²) in [6.45, 7) is 7.79. The van der Waals surface area contributed by atoms with E-state index in [0.29, 0.717) is 29.6 Å². The van der Waals surface area contributed by atoms with Crippen LogP contribution in [-0.4, -0.2) is 55.1 Å². The van der Waals surface area contributed by atoms with Gasteiger partial charge >= 0.3 is 0 Å². The number of aromatic nitrogens is 1. The number of nitrogens with one attached hydrogen (secondary N) is 2. The van der Waals surface area contributed by atoms with Crippen LogP contribution in [0.2, 0.25) is 0 Å². The van der Waals surface area contributed by atoms with E-state index in [0.717, 1.165) is 39.1 Å². The molecule has 2 N–H and O–H groups in total. The maximum absolute atomic E-state index is 12.1. The van der Waals surface area contributed by atoms with Crippen molar-refractivity contribution in [2.75, 3.05) is 39.3 Å². The Balaban J connectivity index is 0.00000169. The fourth-order valence-corrected chi connectivity index (χ4v) is 2.78. The van der Waals surface area contributed by atoms with Gasteiger partial charge in [0.15, 0.2) is 5.76 Å². The Morgan fingerprint density at radius 2 is 2.12 bits per heavy atom. The Kier molecular flexibility index (Phi) is 9.72. The highest BCUT2D eigenvalue weighted by molar-refractivity contribution is 5.85. The molecule has 0 radical (unpaired) electrons. The van der Waals surface area contributed by atoms with E-state index in [1.807, 2.05) is 6.92 Å². The van der Waals surface area contributed by atoms with E-state index in [9.17, 15) is 4.79 Å². The van der Waals surface area contributed by atoms with E-state index in [1.165, 1.54) is 0 Å². The number of aryl methyl sites for hydroxylation is 1. The van der Waals surface area contributed by atoms with Gasteiger partial charge in [-0.2, -0.15) is 0 Å². The zero-order valence-electron chi connectivity index (χ0n) is 14.8. The summed E-state index contributed by atoms with van der Waals surface area (Å²) in [5, 5.41) is 6.29. The molecule has 0 aliphatic carbocycles. The van der Waals surface area contributed by atoms with Gasteiger partial charge in [0, 0.05) is 32.7 Å². The Labute approximate surface area is 165 Å². The number of amides is 1. The van der Waals surface area contributed by atoms with Crippen molar-refractivity contribution in [3.63, 3.8) is 0 Å². The van der Waals surface area contributed by atoms with E-state index in [2.05, 4.69) is 20.5 Å². The van der Waals surface area contributed by atoms with Crippen LogP contribution < -0.4 is 10.6 Å². The van der Waals surface area contributed by atoms with Gasteiger partial charge < -0.3 is 24.4 Å². The molecule has 0 saturated carbocycles. The van der Waals surface area contributed by atoms with Gasteiger partial charge in [-0.3, -0.25) is 4.79 Å². The highest BCUT2D eigenvalue weighted by atomic mass is 35.5. The number of furan rings is 1. The lowest BCUT2D eigenvalue weighted by molar-refractivity contribution is -0.120. The molecule has 0 atom stereocenters. The zero-order valence-corrected chi connectivity index (χ0v) is 16.5. The van der Waals surface area contributed by atoms with E-state index in [4.69, 9.17) is 8.83 Å². The molecule has 0 bridgehead atoms. The molecule has 7 nitrogen and oxygen atoms in total. The standard InChI is InChI=1S/C17H24N4O3.2ClH/c1-13-14(20-17(24-13)15-4-2-11-23-15)12-16(22)19-5-3-8-21-9-6-18-7-10-21;;/h2,4,11,18H,3,5-10,12H2,1H3,(H,19,22);2*1H. The number of piperazine rings is 1. The summed E-state index contributed by atoms with van der Waals surface area (Å²) in [4.78, 5) is 18.8. The first-order valence-corrected chi connectivity index (χ1v) is 8.42. The number of carbonyl (C=O) groups excluding carboxylic acids is 1. The van der Waals surface area contributed by atoms with Crippen LogP contribution in [0.5, 0.6) is 0 Å². The molecule has 0 spiro atoms. The summed E-state index contributed by atoms with van der Waals surface area (Å²) in [5.41, 5.74) is 0.654. The van der Waals surface area contributed by atoms with Crippen molar-refractivity contribution in [1.29, 1.82) is 0 Å². The minimum absolute atomic E-state index is 0. The second kappa shape index (κ2) is 11.2. The predicted molar refractivity (Wildman–Crippen MR) is 104 cm³/mol. The van der Waals surface area contributed by atoms with Crippen LogP contribution in [0.3, 0.4) is 0 Å². The van der Waals surface area contributed by atoms with Gasteiger partial charge in [-0.25, -0.2) is 4.98 Å². The lowest BCUT2D eigenvalue weighted by atomic mass is 10.2. The van der Waals surface area contributed by atoms with Crippen molar-refractivity contribution >= 4 is 30.7 Å². The molecule has 146 valence electrons. The monoisotopic (exact) mass is 404 g/mol. The third-order valence-electron chi connectivity index (χ3n) is 4.14. The third kappa shape index (κ3) is 6.32. The van der Waals surface area contributed by atoms with Crippen molar-refractivity contribution in [3.8, 4) is 11.7 Å². The second-order valence-corrected chi connectivity index (χ2v) is 5.97. The first kappa shape index (κ1) is 22.5. The summed E-state index contributed by atoms with van der Waals surface area (Å²) in [5.74, 6) is 1.61. The lowest BCUT2D eigenvalue weighted by Crippen LogP contribution is -2.44. The molecule has 1 fully saturated rings. The molecule has 26 heavy (non-hydrogen) atoms. The van der Waals surface area contributed by atoms with Crippen molar-refractivity contribution < 1.29 is 13.6 Å². The molecule has 1 saturated heterocycles. The predicted octanol–water partition coefficient (Wildman–Crippen LogP) is 2.04. The Hall–Kier alpha value is -1.54. The molecule has 1 amide bonds. The lowest BCUT2D eigenvalue weighted by Gasteiger charge is -2.27. The number of hydrogen-bond donors (Lipinski definition) is 2. The van der Waals surface area contributed by atoms with Gasteiger partial charge in [0.25, 0.3) is 5.89 Å². The average Bonchev–Trinajstić information content (AvgIpc) is 3.23. The van der Waals surface area contributed by atoms with E-state index in [-0.39, 0.29) is 37.1 Å². The molecular weight excluding hydrogens is 379 g/mol. The van der Waals surface area contributed by atoms with Gasteiger partial charge in [0.05, 0.1) is 18.4 Å². The van der Waals surface area contributed by atoms with Crippen LogP contribution >= 0.6 is 24.8 Å². The summed E-state index contributed by atoms with van der Waals surface area (Å²) in [6, 6.07) is 3.56. The van der Waals surface area contributed by atoms with Crippen molar-refractivity contribution in [1.82, 2.24) is 20.5 Å². The number of oxazole rings is 1. The number of rotatable bonds is 7. The number of hydrogen-bond acceptors (Lipinski definition) is 6. The number of carbonyl (C=O) groups is 1. The molecule has 2 aromatic heterocycles. The maximum atomic E-state index is 12.1. The molecule has 9 heteroatoms. The normalized spacial score (nSPS) is 14.3. The maximum Gasteiger partial charge on any atom is 0.263 e. The summed E-state index contributed by atoms with van der Waals surface area (Å²) in [6.07, 6.45) is 2.75. The fourth-order valence-electron chi connectivity index (χ4n) is 2.78. The van der Waals surface area contributed by atoms with Crippen molar-refractivity contribution in [2.45, 2.75) is 19.8 Å². The summed E-state index contributed by atoms with van der Waals surface area (Å²) >= 11 is 0. The molecule has 0 aromatic carbocycles. The third-order valence-corrected chi connectivity index (χ3v) is 4.14. The quantitative estimate of drug-likeness (QED) is 0.686. The molecule has 2 aromatic rings. The SMILES string of the molecule is Cc1oc(-c2ccco2)nc1CC(=O)NCCCN1CCNCC1.Cl.Cl. The van der Waals surface area contributed by atoms with Gasteiger partial charge in [0.1, 0.15) is 5.76 Å². The highest BCUT2D eigenvalue weighted by Crippen LogP contribution is 2.22. The highest BCUT2D eigenvalue weighted by Gasteiger charge is 2.16. The van der Waals surface area contributed by atoms with Gasteiger partial charge in [-0.15, -0.1) is 24.8 Å². The van der Waals surface area contributed by atoms with Crippen molar-refractivity contribution in [3.05, 3.63) is 29.9 Å². The molecule has 1 aliphatic heterocycles. The van der Waals surface area contributed by atoms with E-state index in [1.54, 1.807) is 18.4 Å². The van der Waals surface area contributed by atoms with Crippen molar-refractivity contribution in [2.24, 2.45) is 0 Å². The smallest absolute Gasteiger partial charge is 0.263 e. The van der Waals surface area contributed by atoms with Crippen LogP contribution in [0.4, 0.5) is 0 Å². The van der Waals surface area contributed by atoms with Crippen LogP contribution in [0.1, 0.15) is 17.9 Å². The number of halogens is 2. The topological polar surface area (TPSA) is 83.5 Å². The molecule has 3 rings (SSSR count). The summed E-state index contributed by atoms with van der Waals surface area (Å²) < 4.78 is 10.8. The second-order valence-electron chi connectivity index (χ2n) is 5.97. The minimum Gasteiger partial charge on any atom is -0.459 e. The van der Waals surface area contributed by atoms with Crippen LogP contribution in [0.25, 0.3) is 11.7 Å². The minimum atomic E-state index is -0.0299. The average molecular weight is 405 g/mol. The first-order chi connectivity index (χ1) is 11.7. The van der Waals surface area contributed by atoms with Crippen LogP contribution in [0.15, 0.2) is 27.2 Å².